The molecule has 0 N–H and O–H groups in total. The largest absolute Gasteiger partial charge is 0.467 e. The van der Waals surface area contributed by atoms with Gasteiger partial charge >= 0.3 is 5.97 Å². The van der Waals surface area contributed by atoms with Crippen LogP contribution in [0.25, 0.3) is 0 Å². The minimum atomic E-state index is -0.474. The van der Waals surface area contributed by atoms with Crippen molar-refractivity contribution in [2.24, 2.45) is 0 Å². The minimum Gasteiger partial charge on any atom is -0.467 e. The van der Waals surface area contributed by atoms with Crippen molar-refractivity contribution in [1.29, 1.82) is 0 Å². The number of nitrogens with zero attached hydrogens (tertiary/aromatic N) is 1. The van der Waals surface area contributed by atoms with Gasteiger partial charge in [0.1, 0.15) is 6.04 Å². The van der Waals surface area contributed by atoms with E-state index in [4.69, 9.17) is 9.47 Å². The summed E-state index contributed by atoms with van der Waals surface area (Å²) in [5, 5.41) is 0. The van der Waals surface area contributed by atoms with Crippen LogP contribution < -0.4 is 0 Å². The Morgan fingerprint density at radius 1 is 1.38 bits per heavy atom. The number of methoxy groups -OCH3 is 1. The third-order valence-electron chi connectivity index (χ3n) is 3.67. The average Bonchev–Trinajstić information content (AvgIpc) is 2.89. The van der Waals surface area contributed by atoms with Crippen LogP contribution >= 0.6 is 0 Å². The second kappa shape index (κ2) is 7.22. The van der Waals surface area contributed by atoms with Crippen LogP contribution in [0, 0.1) is 0 Å². The summed E-state index contributed by atoms with van der Waals surface area (Å²) >= 11 is 0. The molecule has 2 rings (SSSR count). The number of hydrogen-bond acceptors (Lipinski definition) is 4. The van der Waals surface area contributed by atoms with Gasteiger partial charge in [0.15, 0.2) is 0 Å². The molecule has 0 radical (unpaired) electrons. The van der Waals surface area contributed by atoms with Crippen LogP contribution in [0.3, 0.4) is 0 Å². The fourth-order valence-corrected chi connectivity index (χ4v) is 2.62. The van der Waals surface area contributed by atoms with Gasteiger partial charge in [0, 0.05) is 6.42 Å². The zero-order valence-electron chi connectivity index (χ0n) is 12.5. The van der Waals surface area contributed by atoms with E-state index in [1.807, 2.05) is 37.3 Å². The first kappa shape index (κ1) is 15.5. The summed E-state index contributed by atoms with van der Waals surface area (Å²) in [4.78, 5) is 25.2. The first-order valence-electron chi connectivity index (χ1n) is 7.14. The van der Waals surface area contributed by atoms with Gasteiger partial charge in [0.25, 0.3) is 0 Å². The van der Waals surface area contributed by atoms with Crippen molar-refractivity contribution in [3.05, 3.63) is 35.9 Å². The Hall–Kier alpha value is -1.88. The SMILES string of the molecule is COC(=O)C1CCC(=O)N1C(C)COCc1ccccc1. The van der Waals surface area contributed by atoms with Gasteiger partial charge in [-0.3, -0.25) is 4.79 Å². The first-order valence-corrected chi connectivity index (χ1v) is 7.14. The number of amides is 1. The molecule has 5 nitrogen and oxygen atoms in total. The number of esters is 1. The molecule has 0 aliphatic carbocycles. The van der Waals surface area contributed by atoms with Gasteiger partial charge in [-0.1, -0.05) is 30.3 Å². The third kappa shape index (κ3) is 3.82. The van der Waals surface area contributed by atoms with E-state index in [1.165, 1.54) is 7.11 Å². The first-order chi connectivity index (χ1) is 10.1. The second-order valence-electron chi connectivity index (χ2n) is 5.23. The number of likely N-dealkylation sites (tertiary alicyclic amines) is 1. The van der Waals surface area contributed by atoms with Crippen molar-refractivity contribution in [2.45, 2.75) is 38.5 Å². The number of benzene rings is 1. The van der Waals surface area contributed by atoms with E-state index in [1.54, 1.807) is 4.90 Å². The van der Waals surface area contributed by atoms with Crippen LogP contribution in [-0.4, -0.2) is 42.6 Å². The molecule has 0 spiro atoms. The zero-order valence-corrected chi connectivity index (χ0v) is 12.5. The van der Waals surface area contributed by atoms with Crippen LogP contribution in [-0.2, 0) is 25.7 Å². The molecule has 1 aliphatic rings. The van der Waals surface area contributed by atoms with Crippen LogP contribution in [0.2, 0.25) is 0 Å². The summed E-state index contributed by atoms with van der Waals surface area (Å²) < 4.78 is 10.4. The lowest BCUT2D eigenvalue weighted by Crippen LogP contribution is -2.46. The maximum absolute atomic E-state index is 11.9. The predicted octanol–water partition coefficient (Wildman–Crippen LogP) is 1.76. The highest BCUT2D eigenvalue weighted by Gasteiger charge is 2.39. The Balaban J connectivity index is 1.87. The molecule has 1 heterocycles. The molecule has 0 saturated carbocycles. The lowest BCUT2D eigenvalue weighted by Gasteiger charge is -2.29. The van der Waals surface area contributed by atoms with E-state index in [0.717, 1.165) is 5.56 Å². The number of ether oxygens (including phenoxy) is 2. The van der Waals surface area contributed by atoms with Gasteiger partial charge in [-0.25, -0.2) is 4.79 Å². The number of carbonyl (C=O) groups excluding carboxylic acids is 2. The molecule has 1 aliphatic heterocycles. The fraction of sp³-hybridized carbons (Fsp3) is 0.500. The molecule has 2 unspecified atom stereocenters. The van der Waals surface area contributed by atoms with Gasteiger partial charge in [-0.2, -0.15) is 0 Å². The smallest absolute Gasteiger partial charge is 0.328 e. The molecule has 21 heavy (non-hydrogen) atoms. The second-order valence-corrected chi connectivity index (χ2v) is 5.23. The lowest BCUT2D eigenvalue weighted by atomic mass is 10.2. The van der Waals surface area contributed by atoms with Crippen molar-refractivity contribution < 1.29 is 19.1 Å². The van der Waals surface area contributed by atoms with Gasteiger partial charge in [0.2, 0.25) is 5.91 Å². The van der Waals surface area contributed by atoms with Gasteiger partial charge in [0.05, 0.1) is 26.4 Å². The van der Waals surface area contributed by atoms with E-state index in [-0.39, 0.29) is 17.9 Å². The molecular formula is C16H21NO4. The molecule has 1 aromatic carbocycles. The van der Waals surface area contributed by atoms with Crippen LogP contribution in [0.1, 0.15) is 25.3 Å². The number of hydrogen-bond donors (Lipinski definition) is 0. The summed E-state index contributed by atoms with van der Waals surface area (Å²) in [6.07, 6.45) is 0.914. The Labute approximate surface area is 124 Å². The van der Waals surface area contributed by atoms with Crippen molar-refractivity contribution in [1.82, 2.24) is 4.90 Å². The van der Waals surface area contributed by atoms with Crippen molar-refractivity contribution in [2.75, 3.05) is 13.7 Å². The zero-order chi connectivity index (χ0) is 15.2. The third-order valence-corrected chi connectivity index (χ3v) is 3.67. The standard InChI is InChI=1S/C16H21NO4/c1-12(10-21-11-13-6-4-3-5-7-13)17-14(16(19)20-2)8-9-15(17)18/h3-7,12,14H,8-11H2,1-2H3. The molecule has 5 heteroatoms. The van der Waals surface area contributed by atoms with E-state index >= 15 is 0 Å². The van der Waals surface area contributed by atoms with Gasteiger partial charge < -0.3 is 14.4 Å². The van der Waals surface area contributed by atoms with Crippen LogP contribution in [0.15, 0.2) is 30.3 Å². The maximum atomic E-state index is 11.9. The van der Waals surface area contributed by atoms with E-state index in [2.05, 4.69) is 0 Å². The fourth-order valence-electron chi connectivity index (χ4n) is 2.62. The van der Waals surface area contributed by atoms with Gasteiger partial charge in [-0.05, 0) is 18.9 Å². The lowest BCUT2D eigenvalue weighted by molar-refractivity contribution is -0.151. The summed E-state index contributed by atoms with van der Waals surface area (Å²) in [7, 11) is 1.35. The van der Waals surface area contributed by atoms with Crippen LogP contribution in [0.4, 0.5) is 0 Å². The summed E-state index contributed by atoms with van der Waals surface area (Å²) in [5.74, 6) is -0.364. The van der Waals surface area contributed by atoms with Crippen LogP contribution in [0.5, 0.6) is 0 Å². The Morgan fingerprint density at radius 3 is 2.76 bits per heavy atom. The topological polar surface area (TPSA) is 55.8 Å². The number of carbonyl (C=O) groups is 2. The summed E-state index contributed by atoms with van der Waals surface area (Å²) in [6, 6.07) is 9.23. The molecule has 0 aromatic heterocycles. The average molecular weight is 291 g/mol. The highest BCUT2D eigenvalue weighted by molar-refractivity contribution is 5.88. The van der Waals surface area contributed by atoms with Crippen molar-refractivity contribution >= 4 is 11.9 Å². The molecule has 114 valence electrons. The normalized spacial score (nSPS) is 19.6. The predicted molar refractivity (Wildman–Crippen MR) is 77.4 cm³/mol. The molecule has 0 bridgehead atoms. The van der Waals surface area contributed by atoms with Crippen molar-refractivity contribution in [3.63, 3.8) is 0 Å². The molecular weight excluding hydrogens is 270 g/mol. The van der Waals surface area contributed by atoms with E-state index in [9.17, 15) is 9.59 Å². The van der Waals surface area contributed by atoms with Crippen molar-refractivity contribution in [3.8, 4) is 0 Å². The number of rotatable bonds is 6. The van der Waals surface area contributed by atoms with E-state index in [0.29, 0.717) is 26.1 Å². The van der Waals surface area contributed by atoms with Gasteiger partial charge in [-0.15, -0.1) is 0 Å². The highest BCUT2D eigenvalue weighted by Crippen LogP contribution is 2.22. The molecule has 1 amide bonds. The quantitative estimate of drug-likeness (QED) is 0.749. The summed E-state index contributed by atoms with van der Waals surface area (Å²) in [6.45, 7) is 2.79. The Morgan fingerprint density at radius 2 is 2.10 bits per heavy atom. The Bertz CT molecular complexity index is 488. The summed E-state index contributed by atoms with van der Waals surface area (Å²) in [5.41, 5.74) is 1.09. The Kier molecular flexibility index (Phi) is 5.33. The molecule has 1 aromatic rings. The monoisotopic (exact) mass is 291 g/mol. The highest BCUT2D eigenvalue weighted by atomic mass is 16.5. The molecule has 2 atom stereocenters. The molecule has 1 fully saturated rings. The maximum Gasteiger partial charge on any atom is 0.328 e. The minimum absolute atomic E-state index is 0.0128. The van der Waals surface area contributed by atoms with E-state index < -0.39 is 6.04 Å². The molecule has 1 saturated heterocycles.